The second kappa shape index (κ2) is 8.20. The van der Waals surface area contributed by atoms with E-state index in [1.807, 2.05) is 31.3 Å². The molecule has 2 heterocycles. The zero-order valence-electron chi connectivity index (χ0n) is 16.7. The number of amides is 1. The van der Waals surface area contributed by atoms with Gasteiger partial charge in [-0.1, -0.05) is 17.7 Å². The van der Waals surface area contributed by atoms with Crippen molar-refractivity contribution < 1.29 is 14.3 Å². The Kier molecular flexibility index (Phi) is 5.46. The van der Waals surface area contributed by atoms with Crippen molar-refractivity contribution in [2.45, 2.75) is 13.3 Å². The normalized spacial score (nSPS) is 13.2. The number of rotatable bonds is 5. The number of ether oxygens (including phenoxy) is 1. The molecule has 8 heteroatoms. The van der Waals surface area contributed by atoms with Crippen molar-refractivity contribution in [1.82, 2.24) is 9.78 Å². The molecule has 2 aromatic carbocycles. The van der Waals surface area contributed by atoms with E-state index in [9.17, 15) is 9.59 Å². The zero-order valence-corrected chi connectivity index (χ0v) is 17.4. The molecule has 7 nitrogen and oxygen atoms in total. The van der Waals surface area contributed by atoms with Crippen LogP contribution in [0.25, 0.3) is 5.69 Å². The highest BCUT2D eigenvalue weighted by Crippen LogP contribution is 2.30. The van der Waals surface area contributed by atoms with Crippen molar-refractivity contribution in [3.8, 4) is 5.69 Å². The summed E-state index contributed by atoms with van der Waals surface area (Å²) >= 11 is 6.15. The van der Waals surface area contributed by atoms with Gasteiger partial charge in [-0.05, 0) is 55.8 Å². The molecule has 4 rings (SSSR count). The predicted molar refractivity (Wildman–Crippen MR) is 116 cm³/mol. The van der Waals surface area contributed by atoms with E-state index < -0.39 is 5.97 Å². The second-order valence-electron chi connectivity index (χ2n) is 6.79. The molecule has 30 heavy (non-hydrogen) atoms. The molecule has 0 saturated heterocycles. The van der Waals surface area contributed by atoms with Crippen molar-refractivity contribution >= 4 is 34.9 Å². The summed E-state index contributed by atoms with van der Waals surface area (Å²) in [4.78, 5) is 27.7. The van der Waals surface area contributed by atoms with Crippen molar-refractivity contribution in [3.63, 3.8) is 0 Å². The fourth-order valence-electron chi connectivity index (χ4n) is 3.57. The second-order valence-corrected chi connectivity index (χ2v) is 7.23. The predicted octanol–water partition coefficient (Wildman–Crippen LogP) is 3.95. The van der Waals surface area contributed by atoms with Gasteiger partial charge >= 0.3 is 5.97 Å². The summed E-state index contributed by atoms with van der Waals surface area (Å²) in [6.45, 7) is 2.41. The van der Waals surface area contributed by atoms with Crippen LogP contribution in [0, 0.1) is 0 Å². The monoisotopic (exact) mass is 424 g/mol. The fourth-order valence-corrected chi connectivity index (χ4v) is 3.76. The molecule has 1 aromatic heterocycles. The molecule has 1 aliphatic rings. The van der Waals surface area contributed by atoms with Gasteiger partial charge in [0, 0.05) is 35.6 Å². The zero-order chi connectivity index (χ0) is 21.3. The Labute approximate surface area is 179 Å². The average Bonchev–Trinajstić information content (AvgIpc) is 3.15. The summed E-state index contributed by atoms with van der Waals surface area (Å²) in [7, 11) is 1.84. The maximum absolute atomic E-state index is 13.5. The topological polar surface area (TPSA) is 76.5 Å². The average molecular weight is 425 g/mol. The van der Waals surface area contributed by atoms with Crippen LogP contribution in [-0.4, -0.2) is 41.9 Å². The summed E-state index contributed by atoms with van der Waals surface area (Å²) in [5, 5.41) is 8.03. The molecule has 154 valence electrons. The molecule has 0 unspecified atom stereocenters. The van der Waals surface area contributed by atoms with Gasteiger partial charge < -0.3 is 15.0 Å². The highest BCUT2D eigenvalue weighted by Gasteiger charge is 2.35. The summed E-state index contributed by atoms with van der Waals surface area (Å²) < 4.78 is 6.66. The lowest BCUT2D eigenvalue weighted by Crippen LogP contribution is -2.39. The number of nitrogens with zero attached hydrogens (tertiary/aromatic N) is 3. The quantitative estimate of drug-likeness (QED) is 0.627. The molecule has 1 aliphatic heterocycles. The van der Waals surface area contributed by atoms with E-state index in [1.54, 1.807) is 36.1 Å². The number of hydrogen-bond acceptors (Lipinski definition) is 5. The largest absolute Gasteiger partial charge is 0.461 e. The smallest absolute Gasteiger partial charge is 0.359 e. The lowest BCUT2D eigenvalue weighted by atomic mass is 10.0. The van der Waals surface area contributed by atoms with Crippen LogP contribution in [-0.2, 0) is 11.2 Å². The van der Waals surface area contributed by atoms with Crippen molar-refractivity contribution in [1.29, 1.82) is 0 Å². The van der Waals surface area contributed by atoms with Crippen LogP contribution in [0.2, 0.25) is 5.02 Å². The third-order valence-electron chi connectivity index (χ3n) is 5.01. The number of aromatic nitrogens is 2. The molecule has 0 saturated carbocycles. The van der Waals surface area contributed by atoms with Gasteiger partial charge in [-0.25, -0.2) is 9.48 Å². The number of hydrogen-bond donors (Lipinski definition) is 1. The number of fused-ring (bicyclic) bond motifs is 1. The minimum atomic E-state index is -0.533. The highest BCUT2D eigenvalue weighted by atomic mass is 35.5. The minimum Gasteiger partial charge on any atom is -0.461 e. The number of nitrogens with one attached hydrogen (secondary N) is 1. The van der Waals surface area contributed by atoms with E-state index >= 15 is 0 Å². The van der Waals surface area contributed by atoms with Crippen LogP contribution in [0.15, 0.2) is 48.5 Å². The summed E-state index contributed by atoms with van der Waals surface area (Å²) in [5.74, 6) is -0.759. The molecular weight excluding hydrogens is 404 g/mol. The Morgan fingerprint density at radius 1 is 1.20 bits per heavy atom. The number of carbonyl (C=O) groups excluding carboxylic acids is 2. The third-order valence-corrected chi connectivity index (χ3v) is 5.24. The number of carbonyl (C=O) groups is 2. The van der Waals surface area contributed by atoms with Crippen LogP contribution in [0.5, 0.6) is 0 Å². The number of halogens is 1. The summed E-state index contributed by atoms with van der Waals surface area (Å²) in [5.41, 5.74) is 3.46. The molecule has 0 aliphatic carbocycles. The van der Waals surface area contributed by atoms with Gasteiger partial charge in [0.1, 0.15) is 5.69 Å². The molecule has 0 radical (unpaired) electrons. The van der Waals surface area contributed by atoms with Crippen molar-refractivity contribution in [2.24, 2.45) is 0 Å². The first-order valence-electron chi connectivity index (χ1n) is 9.68. The Morgan fingerprint density at radius 2 is 1.97 bits per heavy atom. The summed E-state index contributed by atoms with van der Waals surface area (Å²) in [6, 6.07) is 14.6. The van der Waals surface area contributed by atoms with E-state index in [0.717, 1.165) is 11.4 Å². The van der Waals surface area contributed by atoms with Crippen LogP contribution >= 0.6 is 11.6 Å². The SMILES string of the molecule is CCOC(=O)c1nn(-c2cccc(Cl)c2)c2c1CCN(c1ccc(NC)cc1)C2=O. The van der Waals surface area contributed by atoms with Crippen LogP contribution in [0.3, 0.4) is 0 Å². The van der Waals surface area contributed by atoms with Gasteiger partial charge in [0.15, 0.2) is 5.69 Å². The van der Waals surface area contributed by atoms with Gasteiger partial charge in [-0.2, -0.15) is 5.10 Å². The van der Waals surface area contributed by atoms with Crippen molar-refractivity contribution in [2.75, 3.05) is 30.4 Å². The van der Waals surface area contributed by atoms with E-state index in [2.05, 4.69) is 10.4 Å². The molecule has 3 aromatic rings. The van der Waals surface area contributed by atoms with Crippen LogP contribution < -0.4 is 10.2 Å². The third kappa shape index (κ3) is 3.52. The number of esters is 1. The van der Waals surface area contributed by atoms with Gasteiger partial charge in [-0.3, -0.25) is 4.79 Å². The first-order valence-corrected chi connectivity index (χ1v) is 10.1. The molecule has 0 fully saturated rings. The molecule has 0 spiro atoms. The fraction of sp³-hybridized carbons (Fsp3) is 0.227. The van der Waals surface area contributed by atoms with Crippen molar-refractivity contribution in [3.05, 3.63) is 70.5 Å². The van der Waals surface area contributed by atoms with E-state index in [0.29, 0.717) is 34.9 Å². The Morgan fingerprint density at radius 3 is 2.63 bits per heavy atom. The van der Waals surface area contributed by atoms with E-state index in [1.165, 1.54) is 4.68 Å². The standard InChI is InChI=1S/C22H21ClN4O3/c1-3-30-22(29)19-18-11-12-26(16-9-7-15(24-2)8-10-16)21(28)20(18)27(25-19)17-6-4-5-14(23)13-17/h4-10,13,24H,3,11-12H2,1-2H3. The maximum Gasteiger partial charge on any atom is 0.359 e. The number of anilines is 2. The summed E-state index contributed by atoms with van der Waals surface area (Å²) in [6.07, 6.45) is 0.490. The van der Waals surface area contributed by atoms with Gasteiger partial charge in [0.25, 0.3) is 5.91 Å². The maximum atomic E-state index is 13.5. The van der Waals surface area contributed by atoms with Gasteiger partial charge in [0.05, 0.1) is 12.3 Å². The molecule has 1 N–H and O–H groups in total. The first-order chi connectivity index (χ1) is 14.5. The van der Waals surface area contributed by atoms with Crippen LogP contribution in [0.4, 0.5) is 11.4 Å². The molecule has 1 amide bonds. The lowest BCUT2D eigenvalue weighted by molar-refractivity contribution is 0.0517. The van der Waals surface area contributed by atoms with Gasteiger partial charge in [0.2, 0.25) is 0 Å². The lowest BCUT2D eigenvalue weighted by Gasteiger charge is -2.28. The first kappa shape index (κ1) is 20.0. The Balaban J connectivity index is 1.82. The highest BCUT2D eigenvalue weighted by molar-refractivity contribution is 6.30. The van der Waals surface area contributed by atoms with E-state index in [-0.39, 0.29) is 18.2 Å². The van der Waals surface area contributed by atoms with Gasteiger partial charge in [-0.15, -0.1) is 0 Å². The molecule has 0 bridgehead atoms. The molecular formula is C22H21ClN4O3. The Hall–Kier alpha value is -3.32. The number of benzene rings is 2. The molecule has 0 atom stereocenters. The van der Waals surface area contributed by atoms with E-state index in [4.69, 9.17) is 16.3 Å². The minimum absolute atomic E-state index is 0.172. The van der Waals surface area contributed by atoms with Crippen LogP contribution in [0.1, 0.15) is 33.5 Å². The Bertz CT molecular complexity index is 1110.